The van der Waals surface area contributed by atoms with Gasteiger partial charge in [-0.15, -0.1) is 0 Å². The minimum atomic E-state index is -3.08. The number of sulfonamides is 1. The van der Waals surface area contributed by atoms with Gasteiger partial charge in [0.25, 0.3) is 0 Å². The molecule has 1 aliphatic rings. The summed E-state index contributed by atoms with van der Waals surface area (Å²) in [5, 5.41) is 8.54. The maximum atomic E-state index is 11.7. The fourth-order valence-electron chi connectivity index (χ4n) is 1.98. The van der Waals surface area contributed by atoms with Crippen molar-refractivity contribution in [3.8, 4) is 0 Å². The molecule has 94 valence electrons. The summed E-state index contributed by atoms with van der Waals surface area (Å²) >= 11 is 0. The number of carboxylic acid groups (broad SMARTS) is 1. The molecular weight excluding hydrogens is 230 g/mol. The number of aliphatic carboxylic acids is 1. The SMILES string of the molecule is CC(CCC(=O)O)CN1CC(C)CS1(=O)=O. The Kier molecular flexibility index (Phi) is 4.32. The Morgan fingerprint density at radius 2 is 2.19 bits per heavy atom. The first-order valence-electron chi connectivity index (χ1n) is 5.51. The molecule has 5 nitrogen and oxygen atoms in total. The van der Waals surface area contributed by atoms with Gasteiger partial charge in [-0.05, 0) is 18.3 Å². The van der Waals surface area contributed by atoms with Crippen LogP contribution >= 0.6 is 0 Å². The first kappa shape index (κ1) is 13.4. The summed E-state index contributed by atoms with van der Waals surface area (Å²) < 4.78 is 24.8. The number of hydrogen-bond donors (Lipinski definition) is 1. The van der Waals surface area contributed by atoms with Gasteiger partial charge in [0.1, 0.15) is 0 Å². The number of carbonyl (C=O) groups is 1. The third-order valence-electron chi connectivity index (χ3n) is 2.77. The Balaban J connectivity index is 2.45. The van der Waals surface area contributed by atoms with Crippen molar-refractivity contribution in [3.63, 3.8) is 0 Å². The maximum absolute atomic E-state index is 11.7. The van der Waals surface area contributed by atoms with Crippen LogP contribution in [-0.4, -0.2) is 42.6 Å². The monoisotopic (exact) mass is 249 g/mol. The molecule has 1 saturated heterocycles. The van der Waals surface area contributed by atoms with Gasteiger partial charge in [0, 0.05) is 19.5 Å². The fourth-order valence-corrected chi connectivity index (χ4v) is 3.97. The van der Waals surface area contributed by atoms with Crippen LogP contribution in [0.2, 0.25) is 0 Å². The van der Waals surface area contributed by atoms with Gasteiger partial charge in [0.15, 0.2) is 0 Å². The zero-order valence-electron chi connectivity index (χ0n) is 9.72. The zero-order valence-corrected chi connectivity index (χ0v) is 10.5. The molecule has 6 heteroatoms. The molecule has 0 aliphatic carbocycles. The van der Waals surface area contributed by atoms with Crippen molar-refractivity contribution < 1.29 is 18.3 Å². The highest BCUT2D eigenvalue weighted by Gasteiger charge is 2.33. The Bertz CT molecular complexity index is 352. The lowest BCUT2D eigenvalue weighted by molar-refractivity contribution is -0.137. The lowest BCUT2D eigenvalue weighted by Crippen LogP contribution is -2.30. The zero-order chi connectivity index (χ0) is 12.3. The van der Waals surface area contributed by atoms with E-state index in [2.05, 4.69) is 0 Å². The molecule has 1 rings (SSSR count). The van der Waals surface area contributed by atoms with Crippen LogP contribution in [0.15, 0.2) is 0 Å². The highest BCUT2D eigenvalue weighted by Crippen LogP contribution is 2.21. The summed E-state index contributed by atoms with van der Waals surface area (Å²) in [5.74, 6) is -0.337. The molecular formula is C10H19NO4S. The maximum Gasteiger partial charge on any atom is 0.303 e. The van der Waals surface area contributed by atoms with Gasteiger partial charge >= 0.3 is 5.97 Å². The second-order valence-corrected chi connectivity index (χ2v) is 6.75. The number of nitrogens with zero attached hydrogens (tertiary/aromatic N) is 1. The van der Waals surface area contributed by atoms with Crippen molar-refractivity contribution in [1.29, 1.82) is 0 Å². The quantitative estimate of drug-likeness (QED) is 0.781. The lowest BCUT2D eigenvalue weighted by atomic mass is 10.1. The summed E-state index contributed by atoms with van der Waals surface area (Å²) in [5.41, 5.74) is 0. The van der Waals surface area contributed by atoms with E-state index < -0.39 is 16.0 Å². The van der Waals surface area contributed by atoms with E-state index in [0.29, 0.717) is 19.5 Å². The second kappa shape index (κ2) is 5.14. The fraction of sp³-hybridized carbons (Fsp3) is 0.900. The van der Waals surface area contributed by atoms with E-state index in [9.17, 15) is 13.2 Å². The Labute approximate surface area is 96.5 Å². The van der Waals surface area contributed by atoms with Gasteiger partial charge in [0.05, 0.1) is 5.75 Å². The molecule has 2 unspecified atom stereocenters. The normalized spacial score (nSPS) is 26.8. The number of carboxylic acids is 1. The molecule has 0 spiro atoms. The first-order valence-corrected chi connectivity index (χ1v) is 7.12. The van der Waals surface area contributed by atoms with Crippen molar-refractivity contribution >= 4 is 16.0 Å². The van der Waals surface area contributed by atoms with Crippen LogP contribution in [0.1, 0.15) is 26.7 Å². The summed E-state index contributed by atoms with van der Waals surface area (Å²) in [6, 6.07) is 0. The van der Waals surface area contributed by atoms with E-state index in [1.807, 2.05) is 13.8 Å². The number of rotatable bonds is 5. The van der Waals surface area contributed by atoms with Crippen molar-refractivity contribution in [1.82, 2.24) is 4.31 Å². The lowest BCUT2D eigenvalue weighted by Gasteiger charge is -2.19. The summed E-state index contributed by atoms with van der Waals surface area (Å²) in [6.07, 6.45) is 0.625. The van der Waals surface area contributed by atoms with Crippen LogP contribution in [0.25, 0.3) is 0 Å². The van der Waals surface area contributed by atoms with Crippen LogP contribution in [0, 0.1) is 11.8 Å². The van der Waals surface area contributed by atoms with E-state index in [-0.39, 0.29) is 24.0 Å². The molecule has 16 heavy (non-hydrogen) atoms. The summed E-state index contributed by atoms with van der Waals surface area (Å²) in [4.78, 5) is 10.4. The van der Waals surface area contributed by atoms with Crippen molar-refractivity contribution in [2.45, 2.75) is 26.7 Å². The van der Waals surface area contributed by atoms with E-state index in [0.717, 1.165) is 0 Å². The molecule has 0 saturated carbocycles. The van der Waals surface area contributed by atoms with Crippen molar-refractivity contribution in [2.24, 2.45) is 11.8 Å². The Hall–Kier alpha value is -0.620. The molecule has 0 aromatic heterocycles. The Morgan fingerprint density at radius 3 is 2.62 bits per heavy atom. The molecule has 1 aliphatic heterocycles. The molecule has 1 N–H and O–H groups in total. The van der Waals surface area contributed by atoms with Gasteiger partial charge in [0.2, 0.25) is 10.0 Å². The third kappa shape index (κ3) is 3.75. The average molecular weight is 249 g/mol. The van der Waals surface area contributed by atoms with Crippen LogP contribution in [0.5, 0.6) is 0 Å². The van der Waals surface area contributed by atoms with Crippen LogP contribution in [0.3, 0.4) is 0 Å². The van der Waals surface area contributed by atoms with Crippen molar-refractivity contribution in [3.05, 3.63) is 0 Å². The molecule has 2 atom stereocenters. The largest absolute Gasteiger partial charge is 0.481 e. The molecule has 0 bridgehead atoms. The van der Waals surface area contributed by atoms with E-state index in [1.165, 1.54) is 4.31 Å². The van der Waals surface area contributed by atoms with E-state index in [4.69, 9.17) is 5.11 Å². The van der Waals surface area contributed by atoms with Gasteiger partial charge < -0.3 is 5.11 Å². The highest BCUT2D eigenvalue weighted by molar-refractivity contribution is 7.89. The minimum Gasteiger partial charge on any atom is -0.481 e. The van der Waals surface area contributed by atoms with Gasteiger partial charge in [-0.25, -0.2) is 12.7 Å². The molecule has 0 amide bonds. The summed E-state index contributed by atoms with van der Waals surface area (Å²) in [6.45, 7) is 4.82. The predicted molar refractivity (Wildman–Crippen MR) is 60.6 cm³/mol. The van der Waals surface area contributed by atoms with Crippen molar-refractivity contribution in [2.75, 3.05) is 18.8 Å². The molecule has 0 radical (unpaired) electrons. The van der Waals surface area contributed by atoms with Gasteiger partial charge in [-0.1, -0.05) is 13.8 Å². The Morgan fingerprint density at radius 1 is 1.56 bits per heavy atom. The second-order valence-electron chi connectivity index (χ2n) is 4.74. The summed E-state index contributed by atoms with van der Waals surface area (Å²) in [7, 11) is -3.08. The van der Waals surface area contributed by atoms with Crippen LogP contribution in [0.4, 0.5) is 0 Å². The van der Waals surface area contributed by atoms with Crippen LogP contribution in [-0.2, 0) is 14.8 Å². The van der Waals surface area contributed by atoms with E-state index >= 15 is 0 Å². The molecule has 0 aromatic carbocycles. The molecule has 1 heterocycles. The molecule has 0 aromatic rings. The standard InChI is InChI=1S/C10H19NO4S/c1-8(3-4-10(12)13)5-11-6-9(2)7-16(11,14)15/h8-9H,3-7H2,1-2H3,(H,12,13). The van der Waals surface area contributed by atoms with Gasteiger partial charge in [-0.2, -0.15) is 0 Å². The first-order chi connectivity index (χ1) is 7.31. The number of hydrogen-bond acceptors (Lipinski definition) is 3. The van der Waals surface area contributed by atoms with Gasteiger partial charge in [-0.3, -0.25) is 4.79 Å². The minimum absolute atomic E-state index is 0.0937. The topological polar surface area (TPSA) is 74.7 Å². The highest BCUT2D eigenvalue weighted by atomic mass is 32.2. The smallest absolute Gasteiger partial charge is 0.303 e. The van der Waals surface area contributed by atoms with Crippen LogP contribution < -0.4 is 0 Å². The van der Waals surface area contributed by atoms with E-state index in [1.54, 1.807) is 0 Å². The average Bonchev–Trinajstić information content (AvgIpc) is 2.36. The predicted octanol–water partition coefficient (Wildman–Crippen LogP) is 0.769. The molecule has 1 fully saturated rings. The third-order valence-corrected chi connectivity index (χ3v) is 4.85.